The van der Waals surface area contributed by atoms with Gasteiger partial charge in [0.2, 0.25) is 5.91 Å². The zero-order chi connectivity index (χ0) is 18.0. The van der Waals surface area contributed by atoms with Crippen molar-refractivity contribution in [3.63, 3.8) is 0 Å². The number of amides is 2. The van der Waals surface area contributed by atoms with E-state index in [0.29, 0.717) is 13.0 Å². The fourth-order valence-electron chi connectivity index (χ4n) is 3.02. The van der Waals surface area contributed by atoms with Gasteiger partial charge in [-0.2, -0.15) is 0 Å². The SMILES string of the molecule is CN(C(=O)c1cccc(C(=O)O)c1)[C@H]1CCN(c2ccccc2)C1=O. The first-order valence-corrected chi connectivity index (χ1v) is 7.96. The Morgan fingerprint density at radius 1 is 1.08 bits per heavy atom. The Bertz CT molecular complexity index is 819. The maximum Gasteiger partial charge on any atom is 0.335 e. The summed E-state index contributed by atoms with van der Waals surface area (Å²) in [5.41, 5.74) is 1.11. The number of carboxylic acids is 1. The number of hydrogen-bond acceptors (Lipinski definition) is 3. The highest BCUT2D eigenvalue weighted by atomic mass is 16.4. The van der Waals surface area contributed by atoms with Crippen molar-refractivity contribution >= 4 is 23.5 Å². The van der Waals surface area contributed by atoms with E-state index in [1.54, 1.807) is 18.0 Å². The Morgan fingerprint density at radius 2 is 1.76 bits per heavy atom. The molecular weight excluding hydrogens is 320 g/mol. The van der Waals surface area contributed by atoms with Crippen LogP contribution < -0.4 is 4.90 Å². The molecule has 1 heterocycles. The number of hydrogen-bond donors (Lipinski definition) is 1. The van der Waals surface area contributed by atoms with E-state index in [0.717, 1.165) is 5.69 Å². The molecule has 1 N–H and O–H groups in total. The van der Waals surface area contributed by atoms with E-state index < -0.39 is 12.0 Å². The second kappa shape index (κ2) is 6.76. The molecule has 2 aromatic rings. The number of anilines is 1. The molecule has 3 rings (SSSR count). The summed E-state index contributed by atoms with van der Waals surface area (Å²) in [6.07, 6.45) is 0.536. The summed E-state index contributed by atoms with van der Waals surface area (Å²) in [6, 6.07) is 14.6. The normalized spacial score (nSPS) is 16.8. The third-order valence-electron chi connectivity index (χ3n) is 4.39. The van der Waals surface area contributed by atoms with Crippen LogP contribution >= 0.6 is 0 Å². The summed E-state index contributed by atoms with van der Waals surface area (Å²) in [5.74, 6) is -1.59. The van der Waals surface area contributed by atoms with Crippen LogP contribution in [0.25, 0.3) is 0 Å². The van der Waals surface area contributed by atoms with Gasteiger partial charge in [0.05, 0.1) is 5.56 Å². The van der Waals surface area contributed by atoms with Crippen LogP contribution in [0, 0.1) is 0 Å². The Balaban J connectivity index is 1.78. The quantitative estimate of drug-likeness (QED) is 0.927. The molecule has 1 atom stereocenters. The first-order valence-electron chi connectivity index (χ1n) is 7.96. The second-order valence-electron chi connectivity index (χ2n) is 5.93. The number of carboxylic acid groups (broad SMARTS) is 1. The fraction of sp³-hybridized carbons (Fsp3) is 0.211. The number of aromatic carboxylic acids is 1. The van der Waals surface area contributed by atoms with Gasteiger partial charge in [-0.15, -0.1) is 0 Å². The largest absolute Gasteiger partial charge is 0.478 e. The van der Waals surface area contributed by atoms with E-state index in [1.165, 1.54) is 23.1 Å². The van der Waals surface area contributed by atoms with Crippen molar-refractivity contribution in [1.82, 2.24) is 4.90 Å². The number of likely N-dealkylation sites (N-methyl/N-ethyl adjacent to an activating group) is 1. The van der Waals surface area contributed by atoms with Gasteiger partial charge in [0.15, 0.2) is 0 Å². The Labute approximate surface area is 145 Å². The standard InChI is InChI=1S/C19H18N2O4/c1-20(17(22)13-6-5-7-14(12-13)19(24)25)16-10-11-21(18(16)23)15-8-3-2-4-9-15/h2-9,12,16H,10-11H2,1H3,(H,24,25)/t16-/m0/s1. The molecule has 6 heteroatoms. The van der Waals surface area contributed by atoms with E-state index in [4.69, 9.17) is 5.11 Å². The molecule has 0 radical (unpaired) electrons. The van der Waals surface area contributed by atoms with Crippen LogP contribution in [0.3, 0.4) is 0 Å². The van der Waals surface area contributed by atoms with E-state index in [9.17, 15) is 14.4 Å². The van der Waals surface area contributed by atoms with Crippen molar-refractivity contribution in [2.24, 2.45) is 0 Å². The lowest BCUT2D eigenvalue weighted by Crippen LogP contribution is -2.43. The minimum atomic E-state index is -1.09. The molecule has 2 aromatic carbocycles. The van der Waals surface area contributed by atoms with Crippen LogP contribution in [0.15, 0.2) is 54.6 Å². The van der Waals surface area contributed by atoms with Crippen LogP contribution in [-0.2, 0) is 4.79 Å². The van der Waals surface area contributed by atoms with Crippen molar-refractivity contribution in [3.05, 3.63) is 65.7 Å². The summed E-state index contributed by atoms with van der Waals surface area (Å²) in [7, 11) is 1.58. The van der Waals surface area contributed by atoms with Crippen LogP contribution in [0.5, 0.6) is 0 Å². The van der Waals surface area contributed by atoms with Gasteiger partial charge in [0.1, 0.15) is 6.04 Å². The number of rotatable bonds is 4. The molecule has 0 aromatic heterocycles. The van der Waals surface area contributed by atoms with E-state index in [-0.39, 0.29) is 22.9 Å². The molecule has 1 aliphatic heterocycles. The molecule has 0 unspecified atom stereocenters. The lowest BCUT2D eigenvalue weighted by Gasteiger charge is -2.24. The number of para-hydroxylation sites is 1. The highest BCUT2D eigenvalue weighted by molar-refractivity contribution is 6.04. The van der Waals surface area contributed by atoms with Crippen molar-refractivity contribution in [2.45, 2.75) is 12.5 Å². The molecule has 128 valence electrons. The van der Waals surface area contributed by atoms with Gasteiger partial charge in [-0.1, -0.05) is 24.3 Å². The molecule has 1 aliphatic rings. The van der Waals surface area contributed by atoms with Gasteiger partial charge in [-0.25, -0.2) is 4.79 Å². The van der Waals surface area contributed by atoms with E-state index in [1.807, 2.05) is 30.3 Å². The molecular formula is C19H18N2O4. The predicted octanol–water partition coefficient (Wildman–Crippen LogP) is 2.26. The van der Waals surface area contributed by atoms with Gasteiger partial charge in [-0.05, 0) is 36.8 Å². The van der Waals surface area contributed by atoms with E-state index in [2.05, 4.69) is 0 Å². The third kappa shape index (κ3) is 3.24. The number of carbonyl (C=O) groups excluding carboxylic acids is 2. The fourth-order valence-corrected chi connectivity index (χ4v) is 3.02. The summed E-state index contributed by atoms with van der Waals surface area (Å²) in [4.78, 5) is 39.5. The lowest BCUT2D eigenvalue weighted by atomic mass is 10.1. The van der Waals surface area contributed by atoms with Gasteiger partial charge < -0.3 is 14.9 Å². The predicted molar refractivity (Wildman–Crippen MR) is 92.7 cm³/mol. The molecule has 0 saturated carbocycles. The monoisotopic (exact) mass is 338 g/mol. The van der Waals surface area contributed by atoms with Crippen molar-refractivity contribution in [1.29, 1.82) is 0 Å². The summed E-state index contributed by atoms with van der Waals surface area (Å²) in [5, 5.41) is 9.06. The average molecular weight is 338 g/mol. The Morgan fingerprint density at radius 3 is 2.44 bits per heavy atom. The smallest absolute Gasteiger partial charge is 0.335 e. The first kappa shape index (κ1) is 16.7. The third-order valence-corrected chi connectivity index (χ3v) is 4.39. The highest BCUT2D eigenvalue weighted by Gasteiger charge is 2.37. The van der Waals surface area contributed by atoms with Gasteiger partial charge in [0, 0.05) is 24.8 Å². The summed E-state index contributed by atoms with van der Waals surface area (Å²) in [6.45, 7) is 0.542. The number of benzene rings is 2. The van der Waals surface area contributed by atoms with Gasteiger partial charge in [-0.3, -0.25) is 9.59 Å². The van der Waals surface area contributed by atoms with E-state index >= 15 is 0 Å². The number of nitrogens with zero attached hydrogens (tertiary/aromatic N) is 2. The molecule has 1 fully saturated rings. The zero-order valence-electron chi connectivity index (χ0n) is 13.8. The van der Waals surface area contributed by atoms with Gasteiger partial charge in [0.25, 0.3) is 5.91 Å². The topological polar surface area (TPSA) is 77.9 Å². The van der Waals surface area contributed by atoms with Crippen LogP contribution in [0.4, 0.5) is 5.69 Å². The first-order chi connectivity index (χ1) is 12.0. The molecule has 2 amide bonds. The van der Waals surface area contributed by atoms with Crippen molar-refractivity contribution in [2.75, 3.05) is 18.5 Å². The maximum absolute atomic E-state index is 12.7. The molecule has 1 saturated heterocycles. The lowest BCUT2D eigenvalue weighted by molar-refractivity contribution is -0.120. The number of carbonyl (C=O) groups is 3. The summed E-state index contributed by atoms with van der Waals surface area (Å²) < 4.78 is 0. The second-order valence-corrected chi connectivity index (χ2v) is 5.93. The van der Waals surface area contributed by atoms with Crippen LogP contribution in [0.2, 0.25) is 0 Å². The van der Waals surface area contributed by atoms with Crippen molar-refractivity contribution in [3.8, 4) is 0 Å². The minimum Gasteiger partial charge on any atom is -0.478 e. The average Bonchev–Trinajstić information content (AvgIpc) is 3.02. The van der Waals surface area contributed by atoms with Crippen molar-refractivity contribution < 1.29 is 19.5 Å². The zero-order valence-corrected chi connectivity index (χ0v) is 13.8. The summed E-state index contributed by atoms with van der Waals surface area (Å²) >= 11 is 0. The molecule has 6 nitrogen and oxygen atoms in total. The van der Waals surface area contributed by atoms with Crippen LogP contribution in [0.1, 0.15) is 27.1 Å². The highest BCUT2D eigenvalue weighted by Crippen LogP contribution is 2.24. The molecule has 0 bridgehead atoms. The molecule has 0 spiro atoms. The maximum atomic E-state index is 12.7. The minimum absolute atomic E-state index is 0.0444. The Hall–Kier alpha value is -3.15. The van der Waals surface area contributed by atoms with Gasteiger partial charge >= 0.3 is 5.97 Å². The van der Waals surface area contributed by atoms with Crippen LogP contribution in [-0.4, -0.2) is 47.4 Å². The molecule has 0 aliphatic carbocycles. The Kier molecular flexibility index (Phi) is 4.52. The molecule has 25 heavy (non-hydrogen) atoms.